The fourth-order valence-electron chi connectivity index (χ4n) is 2.58. The summed E-state index contributed by atoms with van der Waals surface area (Å²) in [7, 11) is -2.98. The molecular formula is C15H16ClN3O3S. The Kier molecular flexibility index (Phi) is 4.16. The molecule has 1 fully saturated rings. The Morgan fingerprint density at radius 3 is 2.87 bits per heavy atom. The van der Waals surface area contributed by atoms with Crippen LogP contribution >= 0.6 is 11.6 Å². The minimum atomic E-state index is -2.98. The Hall–Kier alpha value is -1.86. The maximum absolute atomic E-state index is 12.5. The van der Waals surface area contributed by atoms with E-state index in [-0.39, 0.29) is 23.1 Å². The van der Waals surface area contributed by atoms with Crippen LogP contribution in [-0.2, 0) is 9.84 Å². The molecule has 2 aromatic rings. The number of hydrogen-bond acceptors (Lipinski definition) is 4. The second-order valence-electron chi connectivity index (χ2n) is 5.61. The number of aromatic nitrogens is 2. The number of benzene rings is 1. The van der Waals surface area contributed by atoms with Crippen molar-refractivity contribution in [2.24, 2.45) is 4.99 Å². The van der Waals surface area contributed by atoms with Crippen LogP contribution in [0.25, 0.3) is 5.69 Å². The number of nitrogens with zero attached hydrogens (tertiary/aromatic N) is 2. The summed E-state index contributed by atoms with van der Waals surface area (Å²) in [4.78, 5) is 16.8. The molecule has 0 radical (unpaired) electrons. The summed E-state index contributed by atoms with van der Waals surface area (Å²) in [5, 5.41) is 3.52. The molecule has 1 unspecified atom stereocenters. The summed E-state index contributed by atoms with van der Waals surface area (Å²) in [6.07, 6.45) is 1.98. The predicted molar refractivity (Wildman–Crippen MR) is 90.8 cm³/mol. The van der Waals surface area contributed by atoms with Gasteiger partial charge in [-0.05, 0) is 31.5 Å². The van der Waals surface area contributed by atoms with Gasteiger partial charge in [-0.1, -0.05) is 17.7 Å². The highest BCUT2D eigenvalue weighted by atomic mass is 35.5. The first-order valence-electron chi connectivity index (χ1n) is 7.17. The van der Waals surface area contributed by atoms with Crippen LogP contribution in [0, 0.1) is 6.92 Å². The molecule has 1 N–H and O–H groups in total. The number of nitrogens with one attached hydrogen (secondary N) is 1. The lowest BCUT2D eigenvalue weighted by molar-refractivity contribution is 0.601. The minimum Gasteiger partial charge on any atom is -0.295 e. The molecule has 0 bridgehead atoms. The second-order valence-corrected chi connectivity index (χ2v) is 8.27. The van der Waals surface area contributed by atoms with Crippen molar-refractivity contribution in [2.45, 2.75) is 19.4 Å². The summed E-state index contributed by atoms with van der Waals surface area (Å²) < 4.78 is 24.3. The number of aryl methyl sites for hydroxylation is 1. The summed E-state index contributed by atoms with van der Waals surface area (Å²) in [5.74, 6) is 0.212. The lowest BCUT2D eigenvalue weighted by atomic mass is 10.2. The van der Waals surface area contributed by atoms with Crippen LogP contribution in [0.5, 0.6) is 0 Å². The third-order valence-electron chi connectivity index (χ3n) is 3.81. The van der Waals surface area contributed by atoms with E-state index in [0.717, 1.165) is 0 Å². The molecule has 8 heteroatoms. The Morgan fingerprint density at radius 2 is 2.22 bits per heavy atom. The van der Waals surface area contributed by atoms with E-state index in [4.69, 9.17) is 11.6 Å². The van der Waals surface area contributed by atoms with Crippen molar-refractivity contribution < 1.29 is 8.42 Å². The van der Waals surface area contributed by atoms with Crippen molar-refractivity contribution >= 4 is 27.7 Å². The first-order valence-corrected chi connectivity index (χ1v) is 9.37. The zero-order chi connectivity index (χ0) is 16.6. The van der Waals surface area contributed by atoms with Crippen molar-refractivity contribution in [3.63, 3.8) is 0 Å². The van der Waals surface area contributed by atoms with Crippen LogP contribution in [0.1, 0.15) is 17.7 Å². The molecule has 1 aliphatic heterocycles. The van der Waals surface area contributed by atoms with Crippen molar-refractivity contribution in [1.82, 2.24) is 9.78 Å². The average molecular weight is 354 g/mol. The fourth-order valence-corrected chi connectivity index (χ4v) is 4.40. The predicted octanol–water partition coefficient (Wildman–Crippen LogP) is 1.73. The fraction of sp³-hybridized carbons (Fsp3) is 0.333. The van der Waals surface area contributed by atoms with E-state index >= 15 is 0 Å². The third-order valence-corrected chi connectivity index (χ3v) is 5.79. The molecule has 1 saturated heterocycles. The van der Waals surface area contributed by atoms with E-state index in [2.05, 4.69) is 10.1 Å². The summed E-state index contributed by atoms with van der Waals surface area (Å²) in [6.45, 7) is 1.77. The summed E-state index contributed by atoms with van der Waals surface area (Å²) >= 11 is 5.96. The van der Waals surface area contributed by atoms with Crippen LogP contribution < -0.4 is 5.56 Å². The van der Waals surface area contributed by atoms with Gasteiger partial charge in [0.15, 0.2) is 9.84 Å². The van der Waals surface area contributed by atoms with Gasteiger partial charge < -0.3 is 0 Å². The van der Waals surface area contributed by atoms with Crippen LogP contribution in [-0.4, -0.2) is 42.0 Å². The molecule has 2 heterocycles. The van der Waals surface area contributed by atoms with E-state index in [0.29, 0.717) is 28.4 Å². The van der Waals surface area contributed by atoms with E-state index in [1.165, 1.54) is 10.9 Å². The Balaban J connectivity index is 1.91. The normalized spacial score (nSPS) is 20.3. The highest BCUT2D eigenvalue weighted by Crippen LogP contribution is 2.16. The van der Waals surface area contributed by atoms with Crippen molar-refractivity contribution in [2.75, 3.05) is 11.5 Å². The van der Waals surface area contributed by atoms with Gasteiger partial charge in [-0.3, -0.25) is 14.9 Å². The van der Waals surface area contributed by atoms with Crippen LogP contribution in [0.4, 0.5) is 0 Å². The lowest BCUT2D eigenvalue weighted by Gasteiger charge is -2.01. The number of sulfone groups is 1. The second kappa shape index (κ2) is 5.98. The molecule has 1 aromatic carbocycles. The smallest absolute Gasteiger partial charge is 0.280 e. The molecule has 1 aromatic heterocycles. The molecule has 0 spiro atoms. The topological polar surface area (TPSA) is 84.3 Å². The molecule has 0 aliphatic carbocycles. The number of hydrogen-bond donors (Lipinski definition) is 1. The Bertz CT molecular complexity index is 928. The SMILES string of the molecule is Cc1[nH]n(-c2cccc(Cl)c2)c(=O)c1C=NC1CCS(=O)(=O)C1. The molecule has 0 amide bonds. The monoisotopic (exact) mass is 353 g/mol. The first-order chi connectivity index (χ1) is 10.9. The molecule has 1 atom stereocenters. The molecule has 122 valence electrons. The Labute approximate surface area is 138 Å². The van der Waals surface area contributed by atoms with Gasteiger partial charge in [-0.25, -0.2) is 13.1 Å². The number of aliphatic imine (C=N–C) groups is 1. The van der Waals surface area contributed by atoms with E-state index in [9.17, 15) is 13.2 Å². The van der Waals surface area contributed by atoms with Crippen molar-refractivity contribution in [3.8, 4) is 5.69 Å². The number of aromatic amines is 1. The highest BCUT2D eigenvalue weighted by Gasteiger charge is 2.27. The highest BCUT2D eigenvalue weighted by molar-refractivity contribution is 7.91. The van der Waals surface area contributed by atoms with Crippen LogP contribution in [0.3, 0.4) is 0 Å². The minimum absolute atomic E-state index is 0.0510. The molecule has 0 saturated carbocycles. The van der Waals surface area contributed by atoms with Gasteiger partial charge in [0.2, 0.25) is 0 Å². The zero-order valence-electron chi connectivity index (χ0n) is 12.5. The Morgan fingerprint density at radius 1 is 1.43 bits per heavy atom. The van der Waals surface area contributed by atoms with E-state index in [1.807, 2.05) is 0 Å². The first kappa shape index (κ1) is 16.0. The zero-order valence-corrected chi connectivity index (χ0v) is 14.1. The average Bonchev–Trinajstić information content (AvgIpc) is 2.97. The van der Waals surface area contributed by atoms with Gasteiger partial charge in [-0.15, -0.1) is 0 Å². The largest absolute Gasteiger partial charge is 0.295 e. The molecule has 6 nitrogen and oxygen atoms in total. The van der Waals surface area contributed by atoms with Gasteiger partial charge in [0, 0.05) is 16.9 Å². The maximum Gasteiger partial charge on any atom is 0.280 e. The van der Waals surface area contributed by atoms with Gasteiger partial charge in [0.1, 0.15) is 0 Å². The number of H-pyrrole nitrogens is 1. The van der Waals surface area contributed by atoms with Gasteiger partial charge in [0.05, 0.1) is 28.8 Å². The summed E-state index contributed by atoms with van der Waals surface area (Å²) in [6, 6.07) is 6.68. The van der Waals surface area contributed by atoms with Gasteiger partial charge in [0.25, 0.3) is 5.56 Å². The molecule has 23 heavy (non-hydrogen) atoms. The number of rotatable bonds is 3. The molecule has 3 rings (SSSR count). The summed E-state index contributed by atoms with van der Waals surface area (Å²) in [5.41, 5.74) is 1.48. The van der Waals surface area contributed by atoms with Crippen molar-refractivity contribution in [3.05, 3.63) is 50.9 Å². The number of halogens is 1. The third kappa shape index (κ3) is 3.40. The van der Waals surface area contributed by atoms with Gasteiger partial charge >= 0.3 is 0 Å². The lowest BCUT2D eigenvalue weighted by Crippen LogP contribution is -2.17. The van der Waals surface area contributed by atoms with E-state index < -0.39 is 9.84 Å². The molecular weight excluding hydrogens is 338 g/mol. The van der Waals surface area contributed by atoms with Crippen molar-refractivity contribution in [1.29, 1.82) is 0 Å². The van der Waals surface area contributed by atoms with Crippen LogP contribution in [0.15, 0.2) is 34.1 Å². The standard InChI is InChI=1S/C15H16ClN3O3S/c1-10-14(8-17-12-5-6-23(21,22)9-12)15(20)19(18-10)13-4-2-3-11(16)7-13/h2-4,7-8,12,18H,5-6,9H2,1H3. The quantitative estimate of drug-likeness (QED) is 0.853. The van der Waals surface area contributed by atoms with E-state index in [1.54, 1.807) is 31.2 Å². The maximum atomic E-state index is 12.5. The van der Waals surface area contributed by atoms with Gasteiger partial charge in [-0.2, -0.15) is 0 Å². The van der Waals surface area contributed by atoms with Crippen LogP contribution in [0.2, 0.25) is 5.02 Å². The molecule has 1 aliphatic rings.